The molecule has 46 heavy (non-hydrogen) atoms. The van der Waals surface area contributed by atoms with Gasteiger partial charge in [0.25, 0.3) is 5.91 Å². The number of aromatic nitrogens is 1. The maximum atomic E-state index is 13.1. The average molecular weight is 615 g/mol. The van der Waals surface area contributed by atoms with E-state index in [2.05, 4.69) is 51.0 Å². The topological polar surface area (TPSA) is 84.4 Å². The van der Waals surface area contributed by atoms with E-state index in [1.54, 1.807) is 0 Å². The number of nitrogens with one attached hydrogen (secondary N) is 3. The van der Waals surface area contributed by atoms with Gasteiger partial charge in [-0.3, -0.25) is 4.79 Å². The quantitative estimate of drug-likeness (QED) is 0.158. The Morgan fingerprint density at radius 2 is 1.61 bits per heavy atom. The minimum Gasteiger partial charge on any atom is -0.462 e. The molecule has 0 spiro atoms. The first kappa shape index (κ1) is 29.9. The summed E-state index contributed by atoms with van der Waals surface area (Å²) in [6.45, 7) is 0. The van der Waals surface area contributed by atoms with Crippen molar-refractivity contribution in [3.8, 4) is 11.4 Å². The van der Waals surface area contributed by atoms with Crippen molar-refractivity contribution >= 4 is 28.5 Å². The van der Waals surface area contributed by atoms with Crippen molar-refractivity contribution in [1.29, 1.82) is 0 Å². The van der Waals surface area contributed by atoms with Gasteiger partial charge in [-0.15, -0.1) is 0 Å². The molecule has 3 aliphatic rings. The molecule has 1 aromatic heterocycles. The van der Waals surface area contributed by atoms with Crippen LogP contribution in [0.25, 0.3) is 16.6 Å². The zero-order valence-electron chi connectivity index (χ0n) is 26.3. The molecule has 2 saturated carbocycles. The molecule has 4 aromatic rings. The molecular formula is C39H42N4O3. The fraction of sp³-hybridized carbons (Fsp3) is 0.333. The number of rotatable bonds is 11. The molecule has 0 aliphatic heterocycles. The highest BCUT2D eigenvalue weighted by atomic mass is 16.5. The van der Waals surface area contributed by atoms with Gasteiger partial charge in [0.05, 0.1) is 5.52 Å². The second-order valence-electron chi connectivity index (χ2n) is 12.9. The van der Waals surface area contributed by atoms with Crippen LogP contribution in [0.4, 0.5) is 10.5 Å². The molecule has 1 heterocycles. The van der Waals surface area contributed by atoms with E-state index in [-0.39, 0.29) is 11.9 Å². The molecule has 0 atom stereocenters. The number of carbonyl (C=O) groups is 2. The third-order valence-electron chi connectivity index (χ3n) is 9.39. The van der Waals surface area contributed by atoms with Crippen LogP contribution in [-0.2, 0) is 6.42 Å². The van der Waals surface area contributed by atoms with Crippen LogP contribution in [0.3, 0.4) is 0 Å². The molecule has 236 valence electrons. The predicted molar refractivity (Wildman–Crippen MR) is 183 cm³/mol. The molecule has 0 unspecified atom stereocenters. The lowest BCUT2D eigenvalue weighted by atomic mass is 9.98. The number of aryl methyl sites for hydroxylation is 1. The van der Waals surface area contributed by atoms with Gasteiger partial charge >= 0.3 is 6.03 Å². The molecule has 7 rings (SSSR count). The van der Waals surface area contributed by atoms with E-state index in [9.17, 15) is 9.59 Å². The first-order valence-corrected chi connectivity index (χ1v) is 16.8. The number of nitrogens with zero attached hydrogens (tertiary/aromatic N) is 1. The highest BCUT2D eigenvalue weighted by molar-refractivity contribution is 6.04. The first-order chi connectivity index (χ1) is 22.6. The molecule has 3 aliphatic carbocycles. The van der Waals surface area contributed by atoms with Gasteiger partial charge in [0.2, 0.25) is 0 Å². The Bertz CT molecular complexity index is 1760. The van der Waals surface area contributed by atoms with Crippen LogP contribution in [0.2, 0.25) is 0 Å². The fourth-order valence-corrected chi connectivity index (χ4v) is 6.68. The van der Waals surface area contributed by atoms with Gasteiger partial charge in [-0.2, -0.15) is 0 Å². The van der Waals surface area contributed by atoms with E-state index in [0.29, 0.717) is 35.9 Å². The van der Waals surface area contributed by atoms with Crippen molar-refractivity contribution in [2.45, 2.75) is 76.7 Å². The minimum atomic E-state index is -0.156. The largest absolute Gasteiger partial charge is 0.462 e. The van der Waals surface area contributed by atoms with E-state index in [1.807, 2.05) is 60.7 Å². The van der Waals surface area contributed by atoms with E-state index in [0.717, 1.165) is 42.3 Å². The molecule has 2 fully saturated rings. The standard InChI is InChI=1S/C39H42N4O3/c44-38(40-30-16-22-34(23-17-30)46-35-24-18-32(19-25-35)42-39(45)41-31-14-15-31)28-12-20-33(21-13-28)43-26-29(36-10-3-4-11-37(36)43)9-5-8-27-6-1-2-7-27/h3-4,10-13,16-18,20-24,26-27,31H,1-2,5-9,14-15,19,25H2,(H,40,44)(H2,41,42,45). The Labute approximate surface area is 270 Å². The van der Waals surface area contributed by atoms with Crippen LogP contribution < -0.4 is 20.7 Å². The number of amides is 3. The summed E-state index contributed by atoms with van der Waals surface area (Å²) in [5.74, 6) is 2.29. The number of para-hydroxylation sites is 1. The van der Waals surface area contributed by atoms with E-state index >= 15 is 0 Å². The van der Waals surface area contributed by atoms with Gasteiger partial charge in [-0.25, -0.2) is 4.79 Å². The number of hydrogen-bond donors (Lipinski definition) is 3. The van der Waals surface area contributed by atoms with Crippen molar-refractivity contribution in [3.05, 3.63) is 114 Å². The molecule has 0 bridgehead atoms. The normalized spacial score (nSPS) is 16.5. The van der Waals surface area contributed by atoms with Gasteiger partial charge in [-0.1, -0.05) is 50.3 Å². The van der Waals surface area contributed by atoms with Crippen LogP contribution >= 0.6 is 0 Å². The second-order valence-corrected chi connectivity index (χ2v) is 12.9. The lowest BCUT2D eigenvalue weighted by Gasteiger charge is -2.17. The lowest BCUT2D eigenvalue weighted by Crippen LogP contribution is -2.36. The number of benzene rings is 3. The zero-order valence-corrected chi connectivity index (χ0v) is 26.3. The highest BCUT2D eigenvalue weighted by Gasteiger charge is 2.23. The van der Waals surface area contributed by atoms with Crippen molar-refractivity contribution in [2.75, 3.05) is 5.32 Å². The van der Waals surface area contributed by atoms with Crippen LogP contribution in [0.5, 0.6) is 5.75 Å². The predicted octanol–water partition coefficient (Wildman–Crippen LogP) is 8.80. The van der Waals surface area contributed by atoms with Gasteiger partial charge in [-0.05, 0) is 110 Å². The number of carbonyl (C=O) groups excluding carboxylic acids is 2. The summed E-state index contributed by atoms with van der Waals surface area (Å²) in [6, 6.07) is 24.0. The van der Waals surface area contributed by atoms with E-state index < -0.39 is 0 Å². The van der Waals surface area contributed by atoms with Gasteiger partial charge in [0.1, 0.15) is 11.5 Å². The number of urea groups is 1. The third-order valence-corrected chi connectivity index (χ3v) is 9.39. The van der Waals surface area contributed by atoms with Crippen LogP contribution in [-0.4, -0.2) is 22.5 Å². The Hall–Kier alpha value is -4.78. The summed E-state index contributed by atoms with van der Waals surface area (Å²) in [5.41, 5.74) is 5.83. The summed E-state index contributed by atoms with van der Waals surface area (Å²) in [6.07, 6.45) is 18.9. The summed E-state index contributed by atoms with van der Waals surface area (Å²) in [7, 11) is 0. The molecule has 7 nitrogen and oxygen atoms in total. The molecular weight excluding hydrogens is 572 g/mol. The monoisotopic (exact) mass is 614 g/mol. The second kappa shape index (κ2) is 13.7. The molecule has 7 heteroatoms. The SMILES string of the molecule is O=C(NC1=CC=C(Oc2ccc(NC(=O)c3ccc(-n4cc(CCCC5CCCC5)c5ccccc54)cc3)cc2)CC1)NC1CC1. The summed E-state index contributed by atoms with van der Waals surface area (Å²) >= 11 is 0. The van der Waals surface area contributed by atoms with Gasteiger partial charge in [0, 0.05) is 46.7 Å². The van der Waals surface area contributed by atoms with Gasteiger partial charge in [0.15, 0.2) is 0 Å². The van der Waals surface area contributed by atoms with Crippen molar-refractivity contribution in [3.63, 3.8) is 0 Å². The van der Waals surface area contributed by atoms with Gasteiger partial charge < -0.3 is 25.3 Å². The lowest BCUT2D eigenvalue weighted by molar-refractivity contribution is 0.102. The summed E-state index contributed by atoms with van der Waals surface area (Å²) in [5, 5.41) is 10.2. The number of allylic oxidation sites excluding steroid dienone is 4. The highest BCUT2D eigenvalue weighted by Crippen LogP contribution is 2.31. The molecule has 3 N–H and O–H groups in total. The van der Waals surface area contributed by atoms with E-state index in [4.69, 9.17) is 4.74 Å². The van der Waals surface area contributed by atoms with Crippen molar-refractivity contribution in [2.24, 2.45) is 5.92 Å². The average Bonchev–Trinajstić information content (AvgIpc) is 3.58. The molecule has 3 aromatic carbocycles. The molecule has 0 radical (unpaired) electrons. The Morgan fingerprint density at radius 3 is 2.35 bits per heavy atom. The maximum Gasteiger partial charge on any atom is 0.319 e. The number of hydrogen-bond acceptors (Lipinski definition) is 3. The third kappa shape index (κ3) is 7.36. The van der Waals surface area contributed by atoms with Crippen LogP contribution in [0.1, 0.15) is 80.1 Å². The number of ether oxygens (including phenoxy) is 1. The first-order valence-electron chi connectivity index (χ1n) is 16.8. The zero-order chi connectivity index (χ0) is 31.3. The Balaban J connectivity index is 0.942. The number of anilines is 1. The van der Waals surface area contributed by atoms with Crippen molar-refractivity contribution in [1.82, 2.24) is 15.2 Å². The summed E-state index contributed by atoms with van der Waals surface area (Å²) in [4.78, 5) is 25.0. The Kier molecular flexibility index (Phi) is 8.90. The van der Waals surface area contributed by atoms with Crippen LogP contribution in [0.15, 0.2) is 103 Å². The molecule has 0 saturated heterocycles. The number of fused-ring (bicyclic) bond motifs is 1. The summed E-state index contributed by atoms with van der Waals surface area (Å²) < 4.78 is 8.28. The maximum absolute atomic E-state index is 13.1. The van der Waals surface area contributed by atoms with E-state index in [1.165, 1.54) is 55.0 Å². The van der Waals surface area contributed by atoms with Crippen LogP contribution in [0, 0.1) is 5.92 Å². The minimum absolute atomic E-state index is 0.136. The smallest absolute Gasteiger partial charge is 0.319 e. The van der Waals surface area contributed by atoms with Crippen molar-refractivity contribution < 1.29 is 14.3 Å². The fourth-order valence-electron chi connectivity index (χ4n) is 6.68. The Morgan fingerprint density at radius 1 is 0.826 bits per heavy atom. The molecule has 3 amide bonds.